The molecule has 0 aliphatic carbocycles. The van der Waals surface area contributed by atoms with Gasteiger partial charge >= 0.3 is 5.97 Å². The first-order chi connectivity index (χ1) is 7.00. The number of amides is 1. The summed E-state index contributed by atoms with van der Waals surface area (Å²) in [5.41, 5.74) is -0.0110. The van der Waals surface area contributed by atoms with Crippen LogP contribution in [-0.2, 0) is 4.79 Å². The van der Waals surface area contributed by atoms with Gasteiger partial charge in [0.15, 0.2) is 0 Å². The smallest absolute Gasteiger partial charge is 0.325 e. The van der Waals surface area contributed by atoms with E-state index in [4.69, 9.17) is 5.11 Å². The average Bonchev–Trinajstić information content (AvgIpc) is 2.17. The predicted octanol–water partition coefficient (Wildman–Crippen LogP) is 0.424. The molecule has 0 fully saturated rings. The van der Waals surface area contributed by atoms with Gasteiger partial charge in [-0.3, -0.25) is 14.6 Å². The van der Waals surface area contributed by atoms with Gasteiger partial charge in [0.1, 0.15) is 11.9 Å². The maximum Gasteiger partial charge on any atom is 0.325 e. The van der Waals surface area contributed by atoms with Crippen molar-refractivity contribution in [1.82, 2.24) is 10.3 Å². The number of carbonyl (C=O) groups excluding carboxylic acids is 1. The van der Waals surface area contributed by atoms with Crippen LogP contribution >= 0.6 is 0 Å². The number of rotatable bonds is 3. The molecule has 0 bridgehead atoms. The Morgan fingerprint density at radius 3 is 2.73 bits per heavy atom. The summed E-state index contributed by atoms with van der Waals surface area (Å²) in [6, 6.07) is -0.0440. The molecule has 6 heteroatoms. The number of hydrogen-bond donors (Lipinski definition) is 2. The lowest BCUT2D eigenvalue weighted by Crippen LogP contribution is -2.38. The Balaban J connectivity index is 2.73. The van der Waals surface area contributed by atoms with Gasteiger partial charge in [-0.2, -0.15) is 0 Å². The Hall–Kier alpha value is -1.98. The largest absolute Gasteiger partial charge is 0.480 e. The normalized spacial score (nSPS) is 11.9. The van der Waals surface area contributed by atoms with E-state index in [1.165, 1.54) is 6.92 Å². The summed E-state index contributed by atoms with van der Waals surface area (Å²) in [5.74, 6) is -2.48. The fourth-order valence-electron chi connectivity index (χ4n) is 0.878. The van der Waals surface area contributed by atoms with Crippen LogP contribution in [0.5, 0.6) is 0 Å². The fraction of sp³-hybridized carbons (Fsp3) is 0.222. The van der Waals surface area contributed by atoms with E-state index in [0.717, 1.165) is 18.5 Å². The summed E-state index contributed by atoms with van der Waals surface area (Å²) in [6.07, 6.45) is 2.12. The number of aromatic nitrogens is 1. The van der Waals surface area contributed by atoms with E-state index >= 15 is 0 Å². The Morgan fingerprint density at radius 1 is 1.53 bits per heavy atom. The molecule has 0 spiro atoms. The van der Waals surface area contributed by atoms with Crippen LogP contribution in [0.4, 0.5) is 4.39 Å². The first kappa shape index (κ1) is 11.1. The van der Waals surface area contributed by atoms with Crippen molar-refractivity contribution in [3.63, 3.8) is 0 Å². The van der Waals surface area contributed by atoms with E-state index in [0.29, 0.717) is 0 Å². The first-order valence-corrected chi connectivity index (χ1v) is 4.15. The zero-order valence-electron chi connectivity index (χ0n) is 7.90. The highest BCUT2D eigenvalue weighted by Crippen LogP contribution is 2.00. The van der Waals surface area contributed by atoms with Crippen molar-refractivity contribution in [3.05, 3.63) is 29.8 Å². The van der Waals surface area contributed by atoms with E-state index in [2.05, 4.69) is 10.3 Å². The van der Waals surface area contributed by atoms with E-state index in [9.17, 15) is 14.0 Å². The van der Waals surface area contributed by atoms with Crippen LogP contribution in [-0.4, -0.2) is 28.0 Å². The lowest BCUT2D eigenvalue weighted by Gasteiger charge is -2.08. The standard InChI is InChI=1S/C9H9FN2O3/c1-5(9(14)15)12-8(13)6-2-7(10)4-11-3-6/h2-5H,1H3,(H,12,13)(H,14,15)/t5-/m0/s1. The highest BCUT2D eigenvalue weighted by atomic mass is 19.1. The minimum absolute atomic E-state index is 0.0110. The molecule has 5 nitrogen and oxygen atoms in total. The number of carboxylic acid groups (broad SMARTS) is 1. The summed E-state index contributed by atoms with van der Waals surface area (Å²) < 4.78 is 12.7. The lowest BCUT2D eigenvalue weighted by molar-refractivity contribution is -0.138. The Labute approximate surface area is 84.9 Å². The third-order valence-corrected chi connectivity index (χ3v) is 1.69. The minimum atomic E-state index is -1.16. The van der Waals surface area contributed by atoms with Gasteiger partial charge in [0, 0.05) is 6.20 Å². The van der Waals surface area contributed by atoms with Crippen LogP contribution in [0.15, 0.2) is 18.5 Å². The molecule has 0 aromatic carbocycles. The molecule has 1 aromatic rings. The number of halogens is 1. The Bertz CT molecular complexity index is 395. The maximum absolute atomic E-state index is 12.7. The van der Waals surface area contributed by atoms with E-state index in [1.54, 1.807) is 0 Å². The van der Waals surface area contributed by atoms with Crippen molar-refractivity contribution in [2.45, 2.75) is 13.0 Å². The summed E-state index contributed by atoms with van der Waals surface area (Å²) >= 11 is 0. The monoisotopic (exact) mass is 212 g/mol. The maximum atomic E-state index is 12.7. The molecule has 80 valence electrons. The first-order valence-electron chi connectivity index (χ1n) is 4.15. The summed E-state index contributed by atoms with van der Waals surface area (Å²) in [7, 11) is 0. The molecule has 0 radical (unpaired) electrons. The number of nitrogens with one attached hydrogen (secondary N) is 1. The highest BCUT2D eigenvalue weighted by Gasteiger charge is 2.15. The number of nitrogens with zero attached hydrogens (tertiary/aromatic N) is 1. The third kappa shape index (κ3) is 3.01. The second kappa shape index (κ2) is 4.50. The average molecular weight is 212 g/mol. The van der Waals surface area contributed by atoms with Gasteiger partial charge < -0.3 is 10.4 Å². The third-order valence-electron chi connectivity index (χ3n) is 1.69. The Morgan fingerprint density at radius 2 is 2.20 bits per heavy atom. The van der Waals surface area contributed by atoms with Crippen LogP contribution in [0, 0.1) is 5.82 Å². The van der Waals surface area contributed by atoms with Crippen molar-refractivity contribution in [2.75, 3.05) is 0 Å². The van der Waals surface area contributed by atoms with E-state index < -0.39 is 23.7 Å². The van der Waals surface area contributed by atoms with Gasteiger partial charge in [0.25, 0.3) is 5.91 Å². The van der Waals surface area contributed by atoms with Gasteiger partial charge in [-0.1, -0.05) is 0 Å². The van der Waals surface area contributed by atoms with Crippen molar-refractivity contribution >= 4 is 11.9 Å². The molecule has 15 heavy (non-hydrogen) atoms. The Kier molecular flexibility index (Phi) is 3.33. The van der Waals surface area contributed by atoms with Gasteiger partial charge in [-0.05, 0) is 13.0 Å². The fourth-order valence-corrected chi connectivity index (χ4v) is 0.878. The molecular weight excluding hydrogens is 203 g/mol. The number of pyridine rings is 1. The van der Waals surface area contributed by atoms with Crippen molar-refractivity contribution in [3.8, 4) is 0 Å². The van der Waals surface area contributed by atoms with E-state index in [1.807, 2.05) is 0 Å². The van der Waals surface area contributed by atoms with Crippen molar-refractivity contribution < 1.29 is 19.1 Å². The SMILES string of the molecule is C[C@H](NC(=O)c1cncc(F)c1)C(=O)O. The second-order valence-electron chi connectivity index (χ2n) is 2.93. The zero-order valence-corrected chi connectivity index (χ0v) is 7.90. The molecule has 2 N–H and O–H groups in total. The summed E-state index contributed by atoms with van der Waals surface area (Å²) in [4.78, 5) is 25.2. The molecule has 0 saturated carbocycles. The molecule has 0 aliphatic rings. The number of hydrogen-bond acceptors (Lipinski definition) is 3. The quantitative estimate of drug-likeness (QED) is 0.761. The molecular formula is C9H9FN2O3. The predicted molar refractivity (Wildman–Crippen MR) is 48.8 cm³/mol. The molecule has 0 saturated heterocycles. The highest BCUT2D eigenvalue weighted by molar-refractivity contribution is 5.96. The summed E-state index contributed by atoms with van der Waals surface area (Å²) in [6.45, 7) is 1.31. The van der Waals surface area contributed by atoms with Gasteiger partial charge in [-0.15, -0.1) is 0 Å². The molecule has 0 unspecified atom stereocenters. The zero-order chi connectivity index (χ0) is 11.4. The van der Waals surface area contributed by atoms with Crippen LogP contribution < -0.4 is 5.32 Å². The second-order valence-corrected chi connectivity index (χ2v) is 2.93. The van der Waals surface area contributed by atoms with Crippen molar-refractivity contribution in [2.24, 2.45) is 0 Å². The van der Waals surface area contributed by atoms with Crippen LogP contribution in [0.3, 0.4) is 0 Å². The summed E-state index contributed by atoms with van der Waals surface area (Å²) in [5, 5.41) is 10.7. The van der Waals surface area contributed by atoms with Crippen LogP contribution in [0.25, 0.3) is 0 Å². The lowest BCUT2D eigenvalue weighted by atomic mass is 10.2. The van der Waals surface area contributed by atoms with Gasteiger partial charge in [0.05, 0.1) is 11.8 Å². The number of carbonyl (C=O) groups is 2. The van der Waals surface area contributed by atoms with Gasteiger partial charge in [0.2, 0.25) is 0 Å². The number of aliphatic carboxylic acids is 1. The molecule has 1 heterocycles. The molecule has 0 aliphatic heterocycles. The minimum Gasteiger partial charge on any atom is -0.480 e. The topological polar surface area (TPSA) is 79.3 Å². The van der Waals surface area contributed by atoms with Crippen molar-refractivity contribution in [1.29, 1.82) is 0 Å². The molecule has 1 atom stereocenters. The van der Waals surface area contributed by atoms with Crippen LogP contribution in [0.1, 0.15) is 17.3 Å². The molecule has 1 amide bonds. The molecule has 1 rings (SSSR count). The molecule has 1 aromatic heterocycles. The van der Waals surface area contributed by atoms with Crippen LogP contribution in [0.2, 0.25) is 0 Å². The van der Waals surface area contributed by atoms with Gasteiger partial charge in [-0.25, -0.2) is 4.39 Å². The number of carboxylic acids is 1. The van der Waals surface area contributed by atoms with E-state index in [-0.39, 0.29) is 5.56 Å².